The van der Waals surface area contributed by atoms with Gasteiger partial charge in [0.2, 0.25) is 5.95 Å². The number of nitrogens with one attached hydrogen (secondary N) is 1. The van der Waals surface area contributed by atoms with E-state index in [1.807, 2.05) is 59.2 Å². The number of fused-ring (bicyclic) bond motifs is 1. The fourth-order valence-electron chi connectivity index (χ4n) is 2.72. The van der Waals surface area contributed by atoms with Crippen LogP contribution in [0.3, 0.4) is 0 Å². The second-order valence-corrected chi connectivity index (χ2v) is 6.55. The molecule has 2 heterocycles. The second-order valence-electron chi connectivity index (χ2n) is 5.61. The number of thiazole rings is 1. The molecular formula is C19H16N4O2S. The number of rotatable bonds is 5. The molecular weight excluding hydrogens is 348 g/mol. The highest BCUT2D eigenvalue weighted by Crippen LogP contribution is 2.25. The van der Waals surface area contributed by atoms with E-state index in [1.54, 1.807) is 12.5 Å². The van der Waals surface area contributed by atoms with Crippen LogP contribution < -0.4 is 5.32 Å². The molecule has 1 amide bonds. The minimum Gasteiger partial charge on any atom is -0.378 e. The van der Waals surface area contributed by atoms with Crippen molar-refractivity contribution in [2.75, 3.05) is 12.4 Å². The Morgan fingerprint density at radius 2 is 1.88 bits per heavy atom. The van der Waals surface area contributed by atoms with Crippen LogP contribution in [0.25, 0.3) is 16.7 Å². The summed E-state index contributed by atoms with van der Waals surface area (Å²) in [6.45, 7) is 0.389. The third kappa shape index (κ3) is 3.10. The number of para-hydroxylation sites is 3. The Kier molecular flexibility index (Phi) is 4.47. The van der Waals surface area contributed by atoms with Crippen molar-refractivity contribution in [2.24, 2.45) is 0 Å². The average Bonchev–Trinajstić information content (AvgIpc) is 3.27. The summed E-state index contributed by atoms with van der Waals surface area (Å²) in [5, 5.41) is 5.37. The van der Waals surface area contributed by atoms with Crippen molar-refractivity contribution < 1.29 is 9.53 Å². The number of hydrogen-bond donors (Lipinski definition) is 1. The number of methoxy groups -OCH3 is 1. The Labute approximate surface area is 154 Å². The number of hydrogen-bond acceptors (Lipinski definition) is 5. The zero-order chi connectivity index (χ0) is 17.9. The van der Waals surface area contributed by atoms with Gasteiger partial charge in [-0.2, -0.15) is 0 Å². The van der Waals surface area contributed by atoms with E-state index >= 15 is 0 Å². The number of carbonyl (C=O) groups is 1. The van der Waals surface area contributed by atoms with Crippen molar-refractivity contribution in [2.45, 2.75) is 6.61 Å². The Hall–Kier alpha value is -3.03. The molecule has 1 N–H and O–H groups in total. The lowest BCUT2D eigenvalue weighted by molar-refractivity contribution is 0.102. The maximum absolute atomic E-state index is 12.6. The second kappa shape index (κ2) is 7.07. The molecule has 0 aliphatic heterocycles. The van der Waals surface area contributed by atoms with Crippen LogP contribution in [0.4, 0.5) is 5.95 Å². The quantitative estimate of drug-likeness (QED) is 0.583. The van der Waals surface area contributed by atoms with Crippen molar-refractivity contribution in [3.8, 4) is 5.69 Å². The standard InChI is InChI=1S/C19H16N4O2S/c1-25-11-17-20-15(12-26-17)18(24)22-19-21-14-9-5-6-10-16(14)23(19)13-7-3-2-4-8-13/h2-10,12H,11H2,1H3,(H,21,22,24). The van der Waals surface area contributed by atoms with Crippen molar-refractivity contribution in [1.82, 2.24) is 14.5 Å². The van der Waals surface area contributed by atoms with Gasteiger partial charge in [-0.15, -0.1) is 11.3 Å². The Balaban J connectivity index is 1.73. The molecule has 0 saturated heterocycles. The first-order valence-electron chi connectivity index (χ1n) is 8.04. The molecule has 7 heteroatoms. The molecule has 26 heavy (non-hydrogen) atoms. The van der Waals surface area contributed by atoms with Crippen LogP contribution in [-0.2, 0) is 11.3 Å². The van der Waals surface area contributed by atoms with Crippen LogP contribution in [0.15, 0.2) is 60.0 Å². The number of nitrogens with zero attached hydrogens (tertiary/aromatic N) is 3. The fraction of sp³-hybridized carbons (Fsp3) is 0.105. The number of amides is 1. The summed E-state index contributed by atoms with van der Waals surface area (Å²) in [6.07, 6.45) is 0. The summed E-state index contributed by atoms with van der Waals surface area (Å²) in [5.74, 6) is 0.166. The normalized spacial score (nSPS) is 11.0. The van der Waals surface area contributed by atoms with Crippen molar-refractivity contribution in [1.29, 1.82) is 0 Å². The maximum atomic E-state index is 12.6. The van der Waals surface area contributed by atoms with E-state index in [9.17, 15) is 4.79 Å². The van der Waals surface area contributed by atoms with Crippen molar-refractivity contribution in [3.05, 3.63) is 70.7 Å². The number of carbonyl (C=O) groups excluding carboxylic acids is 1. The summed E-state index contributed by atoms with van der Waals surface area (Å²) >= 11 is 1.39. The van der Waals surface area contributed by atoms with Crippen LogP contribution in [0.5, 0.6) is 0 Å². The smallest absolute Gasteiger partial charge is 0.277 e. The van der Waals surface area contributed by atoms with Crippen LogP contribution in [0.1, 0.15) is 15.5 Å². The summed E-state index contributed by atoms with van der Waals surface area (Å²) < 4.78 is 6.98. The molecule has 6 nitrogen and oxygen atoms in total. The summed E-state index contributed by atoms with van der Waals surface area (Å²) in [4.78, 5) is 21.5. The molecule has 0 aliphatic carbocycles. The number of aromatic nitrogens is 3. The average molecular weight is 364 g/mol. The molecule has 0 bridgehead atoms. The van der Waals surface area contributed by atoms with Gasteiger partial charge in [-0.1, -0.05) is 30.3 Å². The summed E-state index contributed by atoms with van der Waals surface area (Å²) in [6, 6.07) is 17.6. The van der Waals surface area contributed by atoms with Gasteiger partial charge >= 0.3 is 0 Å². The van der Waals surface area contributed by atoms with E-state index in [4.69, 9.17) is 4.74 Å². The highest BCUT2D eigenvalue weighted by atomic mass is 32.1. The number of benzene rings is 2. The van der Waals surface area contributed by atoms with Gasteiger partial charge < -0.3 is 4.74 Å². The Bertz CT molecular complexity index is 1060. The molecule has 0 unspecified atom stereocenters. The Morgan fingerprint density at radius 1 is 1.12 bits per heavy atom. The summed E-state index contributed by atoms with van der Waals surface area (Å²) in [5.41, 5.74) is 3.01. The van der Waals surface area contributed by atoms with Gasteiger partial charge in [0.15, 0.2) is 0 Å². The molecule has 2 aromatic heterocycles. The largest absolute Gasteiger partial charge is 0.378 e. The predicted molar refractivity (Wildman–Crippen MR) is 102 cm³/mol. The highest BCUT2D eigenvalue weighted by molar-refractivity contribution is 7.09. The van der Waals surface area contributed by atoms with Crippen molar-refractivity contribution in [3.63, 3.8) is 0 Å². The summed E-state index contributed by atoms with van der Waals surface area (Å²) in [7, 11) is 1.60. The van der Waals surface area contributed by atoms with Gasteiger partial charge in [0.05, 0.1) is 17.6 Å². The van der Waals surface area contributed by atoms with E-state index in [2.05, 4.69) is 15.3 Å². The molecule has 4 aromatic rings. The monoisotopic (exact) mass is 364 g/mol. The van der Waals surface area contributed by atoms with Gasteiger partial charge in [-0.25, -0.2) is 9.97 Å². The lowest BCUT2D eigenvalue weighted by Gasteiger charge is -2.09. The molecule has 0 radical (unpaired) electrons. The topological polar surface area (TPSA) is 69.0 Å². The molecule has 0 atom stereocenters. The number of ether oxygens (including phenoxy) is 1. The van der Waals surface area contributed by atoms with Gasteiger partial charge in [-0.05, 0) is 24.3 Å². The first-order valence-corrected chi connectivity index (χ1v) is 8.92. The van der Waals surface area contributed by atoms with E-state index in [1.165, 1.54) is 11.3 Å². The molecule has 4 rings (SSSR count). The Morgan fingerprint density at radius 3 is 2.69 bits per heavy atom. The van der Waals surface area contributed by atoms with E-state index < -0.39 is 0 Å². The van der Waals surface area contributed by atoms with Crippen molar-refractivity contribution >= 4 is 34.2 Å². The number of anilines is 1. The van der Waals surface area contributed by atoms with E-state index in [0.29, 0.717) is 18.2 Å². The maximum Gasteiger partial charge on any atom is 0.277 e. The van der Waals surface area contributed by atoms with Crippen LogP contribution in [0.2, 0.25) is 0 Å². The zero-order valence-electron chi connectivity index (χ0n) is 14.0. The predicted octanol–water partition coefficient (Wildman–Crippen LogP) is 3.88. The van der Waals surface area contributed by atoms with E-state index in [0.717, 1.165) is 21.7 Å². The van der Waals surface area contributed by atoms with Gasteiger partial charge in [-0.3, -0.25) is 14.7 Å². The van der Waals surface area contributed by atoms with Crippen LogP contribution in [0, 0.1) is 0 Å². The number of imidazole rings is 1. The zero-order valence-corrected chi connectivity index (χ0v) is 14.9. The fourth-order valence-corrected chi connectivity index (χ4v) is 3.46. The van der Waals surface area contributed by atoms with Crippen LogP contribution >= 0.6 is 11.3 Å². The lowest BCUT2D eigenvalue weighted by Crippen LogP contribution is -2.16. The van der Waals surface area contributed by atoms with Crippen LogP contribution in [-0.4, -0.2) is 27.6 Å². The lowest BCUT2D eigenvalue weighted by atomic mass is 10.3. The van der Waals surface area contributed by atoms with Gasteiger partial charge in [0, 0.05) is 18.2 Å². The molecule has 0 aliphatic rings. The molecule has 0 fully saturated rings. The molecule has 2 aromatic carbocycles. The first-order chi connectivity index (χ1) is 12.8. The van der Waals surface area contributed by atoms with E-state index in [-0.39, 0.29) is 5.91 Å². The SMILES string of the molecule is COCc1nc(C(=O)Nc2nc3ccccc3n2-c2ccccc2)cs1. The minimum absolute atomic E-state index is 0.295. The molecule has 0 saturated carbocycles. The molecule has 0 spiro atoms. The third-order valence-corrected chi connectivity index (χ3v) is 4.68. The van der Waals surface area contributed by atoms with Gasteiger partial charge in [0.25, 0.3) is 5.91 Å². The molecule has 130 valence electrons. The first kappa shape index (κ1) is 16.4. The third-order valence-electron chi connectivity index (χ3n) is 3.85. The minimum atomic E-state index is -0.295. The highest BCUT2D eigenvalue weighted by Gasteiger charge is 2.17. The van der Waals surface area contributed by atoms with Gasteiger partial charge in [0.1, 0.15) is 10.7 Å².